The van der Waals surface area contributed by atoms with Gasteiger partial charge in [-0.25, -0.2) is 0 Å². The molecule has 0 atom stereocenters. The Labute approximate surface area is 161 Å². The van der Waals surface area contributed by atoms with Crippen LogP contribution in [0.2, 0.25) is 0 Å². The SMILES string of the molecule is Cc1ccc2oc(C(=O)N(Cc3ccccc3)Cc3ccco3)cc(=O)c2c1. The molecular formula is C23H19NO4. The summed E-state index contributed by atoms with van der Waals surface area (Å²) in [5, 5.41) is 0.470. The molecular weight excluding hydrogens is 354 g/mol. The lowest BCUT2D eigenvalue weighted by Crippen LogP contribution is -2.30. The van der Waals surface area contributed by atoms with Crippen molar-refractivity contribution in [3.05, 3.63) is 106 Å². The van der Waals surface area contributed by atoms with E-state index in [4.69, 9.17) is 8.83 Å². The number of aryl methyl sites for hydroxylation is 1. The monoisotopic (exact) mass is 373 g/mol. The van der Waals surface area contributed by atoms with Crippen molar-refractivity contribution in [3.63, 3.8) is 0 Å². The minimum Gasteiger partial charge on any atom is -0.467 e. The Kier molecular flexibility index (Phi) is 4.81. The lowest BCUT2D eigenvalue weighted by Gasteiger charge is -2.21. The van der Waals surface area contributed by atoms with Crippen molar-refractivity contribution in [3.8, 4) is 0 Å². The van der Waals surface area contributed by atoms with Gasteiger partial charge >= 0.3 is 0 Å². The van der Waals surface area contributed by atoms with Gasteiger partial charge in [0, 0.05) is 12.6 Å². The molecule has 28 heavy (non-hydrogen) atoms. The first-order valence-corrected chi connectivity index (χ1v) is 9.00. The normalized spacial score (nSPS) is 10.9. The predicted octanol–water partition coefficient (Wildman–Crippen LogP) is 4.54. The Morgan fingerprint density at radius 3 is 2.54 bits per heavy atom. The Morgan fingerprint density at radius 2 is 1.79 bits per heavy atom. The number of benzene rings is 2. The third-order valence-electron chi connectivity index (χ3n) is 4.52. The lowest BCUT2D eigenvalue weighted by atomic mass is 10.1. The van der Waals surface area contributed by atoms with Crippen LogP contribution in [0.4, 0.5) is 0 Å². The minimum absolute atomic E-state index is 0.0174. The van der Waals surface area contributed by atoms with Gasteiger partial charge in [-0.05, 0) is 36.8 Å². The number of hydrogen-bond acceptors (Lipinski definition) is 4. The zero-order valence-electron chi connectivity index (χ0n) is 15.4. The van der Waals surface area contributed by atoms with Gasteiger partial charge in [0.2, 0.25) is 0 Å². The molecule has 0 aliphatic heterocycles. The highest BCUT2D eigenvalue weighted by atomic mass is 16.3. The van der Waals surface area contributed by atoms with E-state index in [0.29, 0.717) is 23.3 Å². The highest BCUT2D eigenvalue weighted by molar-refractivity contribution is 5.93. The van der Waals surface area contributed by atoms with Crippen molar-refractivity contribution >= 4 is 16.9 Å². The van der Waals surface area contributed by atoms with E-state index in [1.807, 2.05) is 49.4 Å². The van der Waals surface area contributed by atoms with Crippen LogP contribution >= 0.6 is 0 Å². The molecule has 0 spiro atoms. The van der Waals surface area contributed by atoms with Gasteiger partial charge in [-0.2, -0.15) is 0 Å². The van der Waals surface area contributed by atoms with Crippen LogP contribution < -0.4 is 5.43 Å². The van der Waals surface area contributed by atoms with Gasteiger partial charge in [0.25, 0.3) is 5.91 Å². The molecule has 0 bridgehead atoms. The highest BCUT2D eigenvalue weighted by Gasteiger charge is 2.21. The summed E-state index contributed by atoms with van der Waals surface area (Å²) in [6.45, 7) is 2.55. The van der Waals surface area contributed by atoms with Crippen LogP contribution in [0, 0.1) is 6.92 Å². The van der Waals surface area contributed by atoms with Gasteiger partial charge in [-0.15, -0.1) is 0 Å². The van der Waals surface area contributed by atoms with E-state index in [1.54, 1.807) is 29.4 Å². The van der Waals surface area contributed by atoms with E-state index >= 15 is 0 Å². The quantitative estimate of drug-likeness (QED) is 0.515. The van der Waals surface area contributed by atoms with E-state index in [0.717, 1.165) is 11.1 Å². The third-order valence-corrected chi connectivity index (χ3v) is 4.52. The molecule has 140 valence electrons. The van der Waals surface area contributed by atoms with Gasteiger partial charge in [-0.1, -0.05) is 42.0 Å². The molecule has 4 aromatic rings. The van der Waals surface area contributed by atoms with Crippen LogP contribution in [0.25, 0.3) is 11.0 Å². The second kappa shape index (κ2) is 7.56. The lowest BCUT2D eigenvalue weighted by molar-refractivity contribution is 0.0686. The van der Waals surface area contributed by atoms with E-state index in [9.17, 15) is 9.59 Å². The van der Waals surface area contributed by atoms with Crippen molar-refractivity contribution in [2.45, 2.75) is 20.0 Å². The summed E-state index contributed by atoms with van der Waals surface area (Å²) in [4.78, 5) is 27.3. The number of carbonyl (C=O) groups is 1. The van der Waals surface area contributed by atoms with E-state index in [1.165, 1.54) is 6.07 Å². The molecule has 5 heteroatoms. The zero-order valence-corrected chi connectivity index (χ0v) is 15.4. The van der Waals surface area contributed by atoms with Crippen LogP contribution in [0.15, 0.2) is 86.6 Å². The van der Waals surface area contributed by atoms with Crippen molar-refractivity contribution < 1.29 is 13.6 Å². The summed E-state index contributed by atoms with van der Waals surface area (Å²) in [7, 11) is 0. The van der Waals surface area contributed by atoms with Crippen LogP contribution in [0.3, 0.4) is 0 Å². The summed E-state index contributed by atoms with van der Waals surface area (Å²) in [6, 6.07) is 19.8. The predicted molar refractivity (Wildman–Crippen MR) is 106 cm³/mol. The van der Waals surface area contributed by atoms with Crippen LogP contribution in [-0.4, -0.2) is 10.8 Å². The second-order valence-corrected chi connectivity index (χ2v) is 6.70. The molecule has 0 saturated carbocycles. The maximum atomic E-state index is 13.2. The van der Waals surface area contributed by atoms with Gasteiger partial charge in [0.15, 0.2) is 11.2 Å². The van der Waals surface area contributed by atoms with Crippen LogP contribution in [0.1, 0.15) is 27.4 Å². The number of rotatable bonds is 5. The average Bonchev–Trinajstić information content (AvgIpc) is 3.21. The Bertz CT molecular complexity index is 1160. The van der Waals surface area contributed by atoms with Crippen molar-refractivity contribution in [2.24, 2.45) is 0 Å². The molecule has 5 nitrogen and oxygen atoms in total. The molecule has 0 N–H and O–H groups in total. The molecule has 0 aliphatic carbocycles. The largest absolute Gasteiger partial charge is 0.467 e. The molecule has 0 saturated heterocycles. The van der Waals surface area contributed by atoms with Gasteiger partial charge in [-0.3, -0.25) is 9.59 Å². The standard InChI is InChI=1S/C23H19NO4/c1-16-9-10-21-19(12-16)20(25)13-22(28-21)23(26)24(15-18-8-5-11-27-18)14-17-6-3-2-4-7-17/h2-13H,14-15H2,1H3. The first-order chi connectivity index (χ1) is 13.6. The zero-order chi connectivity index (χ0) is 19.5. The minimum atomic E-state index is -0.361. The number of nitrogens with zero attached hydrogens (tertiary/aromatic N) is 1. The Hall–Kier alpha value is -3.60. The van der Waals surface area contributed by atoms with Gasteiger partial charge in [0.1, 0.15) is 11.3 Å². The van der Waals surface area contributed by atoms with E-state index in [2.05, 4.69) is 0 Å². The molecule has 2 aromatic carbocycles. The molecule has 2 aromatic heterocycles. The van der Waals surface area contributed by atoms with E-state index < -0.39 is 0 Å². The molecule has 4 rings (SSSR count). The number of hydrogen-bond donors (Lipinski definition) is 0. The Balaban J connectivity index is 1.71. The summed E-state index contributed by atoms with van der Waals surface area (Å²) in [6.07, 6.45) is 1.57. The fourth-order valence-electron chi connectivity index (χ4n) is 3.13. The Morgan fingerprint density at radius 1 is 0.964 bits per heavy atom. The van der Waals surface area contributed by atoms with E-state index in [-0.39, 0.29) is 23.6 Å². The number of amides is 1. The summed E-state index contributed by atoms with van der Waals surface area (Å²) < 4.78 is 11.2. The summed E-state index contributed by atoms with van der Waals surface area (Å²) in [5.41, 5.74) is 2.11. The van der Waals surface area contributed by atoms with Crippen LogP contribution in [0.5, 0.6) is 0 Å². The number of furan rings is 1. The summed E-state index contributed by atoms with van der Waals surface area (Å²) in [5.74, 6) is 0.312. The fourth-order valence-corrected chi connectivity index (χ4v) is 3.13. The molecule has 0 aliphatic rings. The average molecular weight is 373 g/mol. The molecule has 0 fully saturated rings. The maximum Gasteiger partial charge on any atom is 0.290 e. The first kappa shape index (κ1) is 17.8. The topological polar surface area (TPSA) is 63.7 Å². The molecule has 1 amide bonds. The third kappa shape index (κ3) is 3.74. The van der Waals surface area contributed by atoms with Gasteiger partial charge in [0.05, 0.1) is 18.2 Å². The second-order valence-electron chi connectivity index (χ2n) is 6.70. The maximum absolute atomic E-state index is 13.2. The van der Waals surface area contributed by atoms with Gasteiger partial charge < -0.3 is 13.7 Å². The fraction of sp³-hybridized carbons (Fsp3) is 0.130. The number of carbonyl (C=O) groups excluding carboxylic acids is 1. The molecule has 2 heterocycles. The highest BCUT2D eigenvalue weighted by Crippen LogP contribution is 2.18. The van der Waals surface area contributed by atoms with Crippen molar-refractivity contribution in [2.75, 3.05) is 0 Å². The van der Waals surface area contributed by atoms with Crippen molar-refractivity contribution in [1.29, 1.82) is 0 Å². The van der Waals surface area contributed by atoms with Crippen molar-refractivity contribution in [1.82, 2.24) is 4.90 Å². The summed E-state index contributed by atoms with van der Waals surface area (Å²) >= 11 is 0. The smallest absolute Gasteiger partial charge is 0.290 e. The van der Waals surface area contributed by atoms with Crippen LogP contribution in [-0.2, 0) is 13.1 Å². The number of fused-ring (bicyclic) bond motifs is 1. The first-order valence-electron chi connectivity index (χ1n) is 9.00. The molecule has 0 unspecified atom stereocenters. The molecule has 0 radical (unpaired) electrons.